The molecule has 3 aromatic rings. The number of nitrogens with zero attached hydrogens (tertiary/aromatic N) is 3. The quantitative estimate of drug-likeness (QED) is 0.510. The summed E-state index contributed by atoms with van der Waals surface area (Å²) in [6, 6.07) is 11.3. The molecule has 0 amide bonds. The zero-order valence-electron chi connectivity index (χ0n) is 19.0. The average molecular weight is 488 g/mol. The van der Waals surface area contributed by atoms with E-state index in [-0.39, 0.29) is 17.4 Å². The maximum absolute atomic E-state index is 14.7. The normalized spacial score (nSPS) is 21.4. The highest BCUT2D eigenvalue weighted by Gasteiger charge is 2.41. The van der Waals surface area contributed by atoms with E-state index >= 15 is 0 Å². The molecule has 2 aromatic carbocycles. The van der Waals surface area contributed by atoms with E-state index in [1.165, 1.54) is 40.7 Å². The summed E-state index contributed by atoms with van der Waals surface area (Å²) in [4.78, 5) is 3.90. The van der Waals surface area contributed by atoms with Crippen LogP contribution >= 0.6 is 11.8 Å². The van der Waals surface area contributed by atoms with Gasteiger partial charge in [-0.15, -0.1) is 11.8 Å². The number of halogens is 2. The molecule has 1 saturated heterocycles. The number of aryl methyl sites for hydroxylation is 1. The molecule has 4 rings (SSSR count). The highest BCUT2D eigenvalue weighted by Crippen LogP contribution is 2.38. The second kappa shape index (κ2) is 10.8. The van der Waals surface area contributed by atoms with E-state index in [1.54, 1.807) is 6.92 Å². The van der Waals surface area contributed by atoms with Gasteiger partial charge in [0, 0.05) is 16.9 Å². The van der Waals surface area contributed by atoms with Gasteiger partial charge in [-0.3, -0.25) is 0 Å². The lowest BCUT2D eigenvalue weighted by atomic mass is 9.90. The Bertz CT molecular complexity index is 1100. The molecule has 0 spiro atoms. The lowest BCUT2D eigenvalue weighted by Gasteiger charge is -2.37. The molecular weight excluding hydrogens is 460 g/mol. The standard InChI is InChI=1S/C25H27F2N3O3S/c1-17-3-5-19(6-4-17)7-10-24-32-12-21(13-33-24)34-18(2)25(31,14-30-16-28-15-29-30)22-9-8-20(26)11-23(22)27/h3-11,15-16,18,21,24,31H,12-14H2,1-2H3/b10-7+/t18-,21?,24?,25-/m1/s1. The largest absolute Gasteiger partial charge is 0.382 e. The zero-order chi connectivity index (χ0) is 24.1. The number of thioether (sulfide) groups is 1. The molecule has 0 aliphatic carbocycles. The van der Waals surface area contributed by atoms with Crippen LogP contribution in [0.3, 0.4) is 0 Å². The Kier molecular flexibility index (Phi) is 7.77. The summed E-state index contributed by atoms with van der Waals surface area (Å²) in [5.41, 5.74) is 0.585. The highest BCUT2D eigenvalue weighted by molar-refractivity contribution is 8.00. The van der Waals surface area contributed by atoms with Crippen LogP contribution in [0.25, 0.3) is 6.08 Å². The Balaban J connectivity index is 1.41. The van der Waals surface area contributed by atoms with Crippen LogP contribution in [0.5, 0.6) is 0 Å². The Morgan fingerprint density at radius 2 is 1.94 bits per heavy atom. The van der Waals surface area contributed by atoms with Gasteiger partial charge in [0.05, 0.1) is 25.0 Å². The van der Waals surface area contributed by atoms with Crippen LogP contribution in [0.4, 0.5) is 8.78 Å². The van der Waals surface area contributed by atoms with Crippen LogP contribution in [0.2, 0.25) is 0 Å². The number of ether oxygens (including phenoxy) is 2. The number of hydrogen-bond acceptors (Lipinski definition) is 6. The molecule has 6 nitrogen and oxygen atoms in total. The molecule has 2 atom stereocenters. The molecule has 1 aliphatic rings. The Labute approximate surface area is 201 Å². The van der Waals surface area contributed by atoms with Gasteiger partial charge in [-0.05, 0) is 24.6 Å². The van der Waals surface area contributed by atoms with Crippen molar-refractivity contribution in [2.45, 2.75) is 42.8 Å². The van der Waals surface area contributed by atoms with E-state index in [0.717, 1.165) is 17.7 Å². The molecule has 2 heterocycles. The summed E-state index contributed by atoms with van der Waals surface area (Å²) in [7, 11) is 0. The second-order valence-electron chi connectivity index (χ2n) is 8.35. The van der Waals surface area contributed by atoms with E-state index in [9.17, 15) is 13.9 Å². The van der Waals surface area contributed by atoms with E-state index in [0.29, 0.717) is 13.2 Å². The second-order valence-corrected chi connectivity index (χ2v) is 9.99. The first-order valence-corrected chi connectivity index (χ1v) is 11.9. The van der Waals surface area contributed by atoms with Crippen LogP contribution in [0.15, 0.2) is 61.2 Å². The summed E-state index contributed by atoms with van der Waals surface area (Å²) < 4.78 is 41.3. The average Bonchev–Trinajstić information content (AvgIpc) is 3.32. The molecule has 0 saturated carbocycles. The molecular formula is C25H27F2N3O3S. The highest BCUT2D eigenvalue weighted by atomic mass is 32.2. The minimum Gasteiger partial charge on any atom is -0.382 e. The summed E-state index contributed by atoms with van der Waals surface area (Å²) in [6.07, 6.45) is 6.14. The van der Waals surface area contributed by atoms with Gasteiger partial charge in [-0.2, -0.15) is 5.10 Å². The molecule has 1 aliphatic heterocycles. The third kappa shape index (κ3) is 5.90. The van der Waals surface area contributed by atoms with Gasteiger partial charge in [0.1, 0.15) is 29.9 Å². The van der Waals surface area contributed by atoms with Crippen molar-refractivity contribution in [1.29, 1.82) is 0 Å². The fourth-order valence-electron chi connectivity index (χ4n) is 3.79. The predicted molar refractivity (Wildman–Crippen MR) is 127 cm³/mol. The third-order valence-corrected chi connectivity index (χ3v) is 7.21. The lowest BCUT2D eigenvalue weighted by molar-refractivity contribution is -0.146. The topological polar surface area (TPSA) is 69.4 Å². The summed E-state index contributed by atoms with van der Waals surface area (Å²) >= 11 is 1.43. The summed E-state index contributed by atoms with van der Waals surface area (Å²) in [5, 5.41) is 15.1. The summed E-state index contributed by atoms with van der Waals surface area (Å²) in [5.74, 6) is -1.52. The predicted octanol–water partition coefficient (Wildman–Crippen LogP) is 4.33. The van der Waals surface area contributed by atoms with Gasteiger partial charge in [0.15, 0.2) is 6.29 Å². The molecule has 0 radical (unpaired) electrons. The van der Waals surface area contributed by atoms with Crippen molar-refractivity contribution in [3.8, 4) is 0 Å². The van der Waals surface area contributed by atoms with Crippen molar-refractivity contribution in [2.24, 2.45) is 0 Å². The van der Waals surface area contributed by atoms with Gasteiger partial charge >= 0.3 is 0 Å². The summed E-state index contributed by atoms with van der Waals surface area (Å²) in [6.45, 7) is 4.61. The van der Waals surface area contributed by atoms with Gasteiger partial charge in [0.25, 0.3) is 0 Å². The molecule has 180 valence electrons. The lowest BCUT2D eigenvalue weighted by Crippen LogP contribution is -2.43. The molecule has 1 N–H and O–H groups in total. The zero-order valence-corrected chi connectivity index (χ0v) is 19.8. The van der Waals surface area contributed by atoms with Crippen LogP contribution in [-0.2, 0) is 21.6 Å². The van der Waals surface area contributed by atoms with Crippen molar-refractivity contribution in [2.75, 3.05) is 13.2 Å². The minimum atomic E-state index is -1.67. The molecule has 9 heteroatoms. The molecule has 0 bridgehead atoms. The SMILES string of the molecule is Cc1ccc(/C=C/C2OCC(S[C@H](C)[C@](O)(Cn3cncn3)c3ccc(F)cc3F)CO2)cc1. The monoisotopic (exact) mass is 487 g/mol. The van der Waals surface area contributed by atoms with Crippen LogP contribution < -0.4 is 0 Å². The van der Waals surface area contributed by atoms with Crippen molar-refractivity contribution >= 4 is 17.8 Å². The van der Waals surface area contributed by atoms with Crippen LogP contribution in [0, 0.1) is 18.6 Å². The van der Waals surface area contributed by atoms with Gasteiger partial charge < -0.3 is 14.6 Å². The minimum absolute atomic E-state index is 0.000883. The fraction of sp³-hybridized carbons (Fsp3) is 0.360. The first kappa shape index (κ1) is 24.5. The van der Waals surface area contributed by atoms with Crippen molar-refractivity contribution in [1.82, 2.24) is 14.8 Å². The third-order valence-electron chi connectivity index (χ3n) is 5.75. The molecule has 1 aromatic heterocycles. The van der Waals surface area contributed by atoms with Gasteiger partial charge in [0.2, 0.25) is 0 Å². The van der Waals surface area contributed by atoms with E-state index in [1.807, 2.05) is 43.3 Å². The van der Waals surface area contributed by atoms with E-state index in [4.69, 9.17) is 9.47 Å². The first-order chi connectivity index (χ1) is 16.3. The van der Waals surface area contributed by atoms with Crippen LogP contribution in [-0.4, -0.2) is 49.9 Å². The Morgan fingerprint density at radius 3 is 2.59 bits per heavy atom. The maximum atomic E-state index is 14.7. The first-order valence-electron chi connectivity index (χ1n) is 11.0. The number of rotatable bonds is 8. The maximum Gasteiger partial charge on any atom is 0.177 e. The number of benzene rings is 2. The molecule has 0 unspecified atom stereocenters. The Hall–Kier alpha value is -2.59. The van der Waals surface area contributed by atoms with Crippen molar-refractivity contribution < 1.29 is 23.4 Å². The van der Waals surface area contributed by atoms with Crippen LogP contribution in [0.1, 0.15) is 23.6 Å². The van der Waals surface area contributed by atoms with Gasteiger partial charge in [-0.25, -0.2) is 18.4 Å². The van der Waals surface area contributed by atoms with E-state index in [2.05, 4.69) is 10.1 Å². The number of aromatic nitrogens is 3. The van der Waals surface area contributed by atoms with Crippen molar-refractivity contribution in [3.05, 3.63) is 89.5 Å². The number of hydrogen-bond donors (Lipinski definition) is 1. The molecule has 34 heavy (non-hydrogen) atoms. The number of aliphatic hydroxyl groups is 1. The van der Waals surface area contributed by atoms with E-state index < -0.39 is 28.8 Å². The fourth-order valence-corrected chi connectivity index (χ4v) is 5.11. The van der Waals surface area contributed by atoms with Gasteiger partial charge in [-0.1, -0.05) is 48.9 Å². The Morgan fingerprint density at radius 1 is 1.21 bits per heavy atom. The smallest absolute Gasteiger partial charge is 0.177 e. The molecule has 1 fully saturated rings. The van der Waals surface area contributed by atoms with Crippen molar-refractivity contribution in [3.63, 3.8) is 0 Å².